The molecule has 2 aliphatic heterocycles. The van der Waals surface area contributed by atoms with Crippen LogP contribution in [-0.4, -0.2) is 90.7 Å². The van der Waals surface area contributed by atoms with Crippen LogP contribution in [0.2, 0.25) is 0 Å². The standard InChI is InChI=1S/C37H41N7O6/c1-25-9-10-28(22-30(25)44-19-15-40-37(44)48)36(47)43-16-6-20-50-32-23-27(11-12-31(32)49-2)34-38-13-17-42(34)18-14-39-35(46)29(41-33(45)24-43)21-26-7-4-3-5-8-26/h3-5,7-13,17,22-23,29H,6,14-16,18-21,24H2,1-2H3,(H,39,46)(H,40,48)(H,41,45)/t29-/m0/s1. The van der Waals surface area contributed by atoms with Crippen LogP contribution in [0.4, 0.5) is 10.5 Å². The van der Waals surface area contributed by atoms with E-state index in [0.29, 0.717) is 54.6 Å². The Morgan fingerprint density at radius 1 is 0.980 bits per heavy atom. The summed E-state index contributed by atoms with van der Waals surface area (Å²) in [6, 6.07) is 19.1. The quantitative estimate of drug-likeness (QED) is 0.294. The maximum atomic E-state index is 14.1. The van der Waals surface area contributed by atoms with Gasteiger partial charge in [-0.25, -0.2) is 9.78 Å². The molecule has 3 heterocycles. The molecule has 1 aromatic heterocycles. The Hall–Kier alpha value is -5.85. The van der Waals surface area contributed by atoms with Crippen LogP contribution < -0.4 is 30.3 Å². The number of fused-ring (bicyclic) bond motifs is 4. The number of aromatic nitrogens is 2. The predicted molar refractivity (Wildman–Crippen MR) is 187 cm³/mol. The van der Waals surface area contributed by atoms with Gasteiger partial charge in [-0.05, 0) is 54.8 Å². The van der Waals surface area contributed by atoms with Crippen molar-refractivity contribution in [1.29, 1.82) is 0 Å². The average Bonchev–Trinajstić information content (AvgIpc) is 3.78. The summed E-state index contributed by atoms with van der Waals surface area (Å²) in [5.41, 5.74) is 3.51. The number of hydrogen-bond acceptors (Lipinski definition) is 7. The van der Waals surface area contributed by atoms with Gasteiger partial charge in [-0.15, -0.1) is 0 Å². The van der Waals surface area contributed by atoms with Crippen LogP contribution >= 0.6 is 0 Å². The number of hydrogen-bond donors (Lipinski definition) is 3. The molecule has 2 bridgehead atoms. The van der Waals surface area contributed by atoms with Gasteiger partial charge in [0.15, 0.2) is 11.5 Å². The zero-order valence-corrected chi connectivity index (χ0v) is 28.2. The van der Waals surface area contributed by atoms with E-state index in [0.717, 1.165) is 16.7 Å². The third-order valence-electron chi connectivity index (χ3n) is 8.78. The van der Waals surface area contributed by atoms with Crippen molar-refractivity contribution in [2.45, 2.75) is 32.4 Å². The van der Waals surface area contributed by atoms with Crippen LogP contribution in [0.1, 0.15) is 27.9 Å². The van der Waals surface area contributed by atoms with Crippen molar-refractivity contribution in [2.75, 3.05) is 51.3 Å². The summed E-state index contributed by atoms with van der Waals surface area (Å²) >= 11 is 0. The van der Waals surface area contributed by atoms with E-state index >= 15 is 0 Å². The van der Waals surface area contributed by atoms with E-state index < -0.39 is 11.9 Å². The molecule has 5 amide bonds. The molecule has 1 saturated heterocycles. The normalized spacial score (nSPS) is 17.4. The van der Waals surface area contributed by atoms with Crippen LogP contribution in [-0.2, 0) is 22.6 Å². The second kappa shape index (κ2) is 15.6. The molecule has 260 valence electrons. The van der Waals surface area contributed by atoms with Gasteiger partial charge in [0.05, 0.1) is 20.3 Å². The molecule has 1 fully saturated rings. The molecule has 0 spiro atoms. The summed E-state index contributed by atoms with van der Waals surface area (Å²) in [6.07, 6.45) is 4.20. The second-order valence-electron chi connectivity index (χ2n) is 12.2. The van der Waals surface area contributed by atoms with Gasteiger partial charge in [-0.3, -0.25) is 19.3 Å². The molecule has 6 rings (SSSR count). The first-order valence-corrected chi connectivity index (χ1v) is 16.7. The Morgan fingerprint density at radius 3 is 2.58 bits per heavy atom. The highest BCUT2D eigenvalue weighted by atomic mass is 16.5. The maximum absolute atomic E-state index is 14.1. The minimum absolute atomic E-state index is 0.182. The lowest BCUT2D eigenvalue weighted by molar-refractivity contribution is -0.129. The Balaban J connectivity index is 1.30. The number of rotatable bonds is 5. The monoisotopic (exact) mass is 679 g/mol. The number of ether oxygens (including phenoxy) is 2. The van der Waals surface area contributed by atoms with Crippen LogP contribution in [0, 0.1) is 6.92 Å². The lowest BCUT2D eigenvalue weighted by Crippen LogP contribution is -2.51. The number of carbonyl (C=O) groups excluding carboxylic acids is 4. The molecule has 50 heavy (non-hydrogen) atoms. The number of carbonyl (C=O) groups is 4. The molecule has 1 atom stereocenters. The highest BCUT2D eigenvalue weighted by Crippen LogP contribution is 2.32. The lowest BCUT2D eigenvalue weighted by Gasteiger charge is -2.26. The largest absolute Gasteiger partial charge is 0.493 e. The number of imidazole rings is 1. The zero-order chi connectivity index (χ0) is 35.0. The first kappa shape index (κ1) is 34.0. The van der Waals surface area contributed by atoms with E-state index in [1.165, 1.54) is 4.90 Å². The molecule has 4 aromatic rings. The summed E-state index contributed by atoms with van der Waals surface area (Å²) < 4.78 is 13.7. The second-order valence-corrected chi connectivity index (χ2v) is 12.2. The van der Waals surface area contributed by atoms with Gasteiger partial charge in [0.1, 0.15) is 11.9 Å². The number of benzene rings is 3. The predicted octanol–water partition coefficient (Wildman–Crippen LogP) is 3.17. The summed E-state index contributed by atoms with van der Waals surface area (Å²) in [5.74, 6) is 0.557. The van der Waals surface area contributed by atoms with Gasteiger partial charge in [0.2, 0.25) is 11.8 Å². The number of methoxy groups -OCH3 is 1. The van der Waals surface area contributed by atoms with Crippen LogP contribution in [0.3, 0.4) is 0 Å². The van der Waals surface area contributed by atoms with E-state index in [9.17, 15) is 19.2 Å². The number of nitrogens with zero attached hydrogens (tertiary/aromatic N) is 4. The molecule has 13 nitrogen and oxygen atoms in total. The van der Waals surface area contributed by atoms with Gasteiger partial charge < -0.3 is 34.9 Å². The molecule has 3 aromatic carbocycles. The average molecular weight is 680 g/mol. The number of aryl methyl sites for hydroxylation is 1. The molecule has 0 unspecified atom stereocenters. The first-order chi connectivity index (χ1) is 24.3. The van der Waals surface area contributed by atoms with Crippen molar-refractivity contribution in [2.24, 2.45) is 0 Å². The fraction of sp³-hybridized carbons (Fsp3) is 0.324. The van der Waals surface area contributed by atoms with Crippen LogP contribution in [0.15, 0.2) is 79.1 Å². The van der Waals surface area contributed by atoms with Crippen molar-refractivity contribution in [3.63, 3.8) is 0 Å². The number of nitrogens with one attached hydrogen (secondary N) is 3. The van der Waals surface area contributed by atoms with Gasteiger partial charge in [0, 0.05) is 68.4 Å². The molecule has 13 heteroatoms. The third-order valence-corrected chi connectivity index (χ3v) is 8.78. The molecule has 0 aliphatic carbocycles. The Morgan fingerprint density at radius 2 is 1.80 bits per heavy atom. The van der Waals surface area contributed by atoms with E-state index in [1.807, 2.05) is 66.2 Å². The van der Waals surface area contributed by atoms with Crippen molar-refractivity contribution < 1.29 is 28.7 Å². The van der Waals surface area contributed by atoms with E-state index in [2.05, 4.69) is 20.9 Å². The fourth-order valence-corrected chi connectivity index (χ4v) is 6.18. The molecule has 0 radical (unpaired) electrons. The van der Waals surface area contributed by atoms with E-state index in [-0.39, 0.29) is 50.5 Å². The highest BCUT2D eigenvalue weighted by molar-refractivity contribution is 6.00. The van der Waals surface area contributed by atoms with Crippen molar-refractivity contribution >= 4 is 29.4 Å². The Bertz CT molecular complexity index is 1860. The van der Waals surface area contributed by atoms with Crippen LogP contribution in [0.25, 0.3) is 11.4 Å². The third kappa shape index (κ3) is 7.88. The smallest absolute Gasteiger partial charge is 0.322 e. The number of amides is 5. The molecular weight excluding hydrogens is 638 g/mol. The van der Waals surface area contributed by atoms with Gasteiger partial charge in [-0.2, -0.15) is 0 Å². The summed E-state index contributed by atoms with van der Waals surface area (Å²) in [7, 11) is 1.57. The van der Waals surface area contributed by atoms with Crippen molar-refractivity contribution in [1.82, 2.24) is 30.4 Å². The minimum atomic E-state index is -0.880. The van der Waals surface area contributed by atoms with E-state index in [4.69, 9.17) is 9.47 Å². The maximum Gasteiger partial charge on any atom is 0.322 e. The Kier molecular flexibility index (Phi) is 10.6. The summed E-state index contributed by atoms with van der Waals surface area (Å²) in [6.45, 7) is 3.73. The minimum Gasteiger partial charge on any atom is -0.493 e. The molecule has 0 saturated carbocycles. The summed E-state index contributed by atoms with van der Waals surface area (Å²) in [4.78, 5) is 61.4. The molecular formula is C37H41N7O6. The topological polar surface area (TPSA) is 147 Å². The lowest BCUT2D eigenvalue weighted by atomic mass is 10.0. The van der Waals surface area contributed by atoms with Gasteiger partial charge >= 0.3 is 6.03 Å². The van der Waals surface area contributed by atoms with Gasteiger partial charge in [-0.1, -0.05) is 36.4 Å². The highest BCUT2D eigenvalue weighted by Gasteiger charge is 2.27. The van der Waals surface area contributed by atoms with Gasteiger partial charge in [0.25, 0.3) is 5.91 Å². The van der Waals surface area contributed by atoms with E-state index in [1.54, 1.807) is 36.4 Å². The van der Waals surface area contributed by atoms with Crippen molar-refractivity contribution in [3.8, 4) is 22.9 Å². The van der Waals surface area contributed by atoms with Crippen LogP contribution in [0.5, 0.6) is 11.5 Å². The Labute approximate surface area is 290 Å². The number of urea groups is 1. The fourth-order valence-electron chi connectivity index (χ4n) is 6.18. The SMILES string of the molecule is COc1ccc2cc1OCCCN(C(=O)c1ccc(C)c(N3CCNC3=O)c1)CC(=O)N[C@@H](Cc1ccccc1)C(=O)NCCn1ccnc1-2. The summed E-state index contributed by atoms with van der Waals surface area (Å²) in [5, 5.41) is 8.65. The zero-order valence-electron chi connectivity index (χ0n) is 28.2. The molecule has 2 aliphatic rings. The first-order valence-electron chi connectivity index (χ1n) is 16.7. The van der Waals surface area contributed by atoms with Crippen molar-refractivity contribution in [3.05, 3.63) is 95.8 Å². The number of anilines is 1. The molecule has 3 N–H and O–H groups in total.